The van der Waals surface area contributed by atoms with Gasteiger partial charge >= 0.3 is 0 Å². The molecule has 0 aliphatic heterocycles. The molecule has 4 N–H and O–H groups in total. The molecule has 28 heavy (non-hydrogen) atoms. The monoisotopic (exact) mass is 383 g/mol. The van der Waals surface area contributed by atoms with Crippen molar-refractivity contribution < 1.29 is 19.1 Å². The van der Waals surface area contributed by atoms with Crippen molar-refractivity contribution in [2.45, 2.75) is 6.92 Å². The number of aromatic amines is 1. The van der Waals surface area contributed by atoms with Crippen LogP contribution in [0.25, 0.3) is 11.3 Å². The van der Waals surface area contributed by atoms with Gasteiger partial charge in [0, 0.05) is 17.7 Å². The number of nitrogens with one attached hydrogen (secondary N) is 3. The molecule has 0 saturated heterocycles. The Morgan fingerprint density at radius 1 is 1.25 bits per heavy atom. The summed E-state index contributed by atoms with van der Waals surface area (Å²) in [4.78, 5) is 23.3. The van der Waals surface area contributed by atoms with E-state index in [1.165, 1.54) is 18.5 Å². The number of benzene rings is 1. The molecular formula is C19H21N5O4. The molecule has 0 fully saturated rings. The molecule has 0 aliphatic rings. The average molecular weight is 383 g/mol. The molecule has 2 heterocycles. The molecule has 3 aromatic rings. The van der Waals surface area contributed by atoms with Crippen LogP contribution in [0.5, 0.6) is 0 Å². The van der Waals surface area contributed by atoms with E-state index in [-0.39, 0.29) is 18.9 Å². The van der Waals surface area contributed by atoms with Crippen LogP contribution in [0.3, 0.4) is 0 Å². The molecule has 9 heteroatoms. The van der Waals surface area contributed by atoms with Crippen LogP contribution in [-0.4, -0.2) is 46.5 Å². The maximum absolute atomic E-state index is 11.7. The summed E-state index contributed by atoms with van der Waals surface area (Å²) in [5, 5.41) is 20.8. The van der Waals surface area contributed by atoms with Crippen LogP contribution in [0.2, 0.25) is 0 Å². The number of aliphatic hydroxyl groups excluding tert-OH is 1. The zero-order valence-corrected chi connectivity index (χ0v) is 15.3. The Labute approximate surface area is 161 Å². The first-order chi connectivity index (χ1) is 13.7. The van der Waals surface area contributed by atoms with E-state index in [0.29, 0.717) is 0 Å². The predicted molar refractivity (Wildman–Crippen MR) is 104 cm³/mol. The molecule has 2 amide bonds. The number of carbonyl (C=O) groups excluding carboxylic acids is 2. The van der Waals surface area contributed by atoms with E-state index in [4.69, 9.17) is 9.52 Å². The molecule has 0 bridgehead atoms. The van der Waals surface area contributed by atoms with Crippen molar-refractivity contribution in [3.8, 4) is 11.3 Å². The Morgan fingerprint density at radius 2 is 2.00 bits per heavy atom. The zero-order chi connectivity index (χ0) is 20.2. The van der Waals surface area contributed by atoms with Gasteiger partial charge in [-0.2, -0.15) is 10.2 Å². The molecular weight excluding hydrogens is 362 g/mol. The van der Waals surface area contributed by atoms with Crippen LogP contribution < -0.4 is 10.7 Å². The van der Waals surface area contributed by atoms with Gasteiger partial charge in [-0.1, -0.05) is 30.3 Å². The lowest BCUT2D eigenvalue weighted by atomic mass is 10.1. The van der Waals surface area contributed by atoms with Crippen molar-refractivity contribution in [3.63, 3.8) is 0 Å². The molecule has 0 saturated carbocycles. The second-order valence-corrected chi connectivity index (χ2v) is 5.34. The fourth-order valence-corrected chi connectivity index (χ4v) is 2.10. The van der Waals surface area contributed by atoms with Gasteiger partial charge in [0.25, 0.3) is 11.8 Å². The Morgan fingerprint density at radius 3 is 2.68 bits per heavy atom. The number of rotatable bonds is 6. The van der Waals surface area contributed by atoms with Crippen molar-refractivity contribution in [2.75, 3.05) is 13.2 Å². The van der Waals surface area contributed by atoms with E-state index in [2.05, 4.69) is 26.0 Å². The van der Waals surface area contributed by atoms with E-state index in [9.17, 15) is 9.59 Å². The second kappa shape index (κ2) is 11.1. The number of furan rings is 1. The SMILES string of the molecule is CCO.O=C(CNC(=O)c1ccco1)N/N=C/c1cn[nH]c1-c1ccccc1. The summed E-state index contributed by atoms with van der Waals surface area (Å²) in [6.45, 7) is 1.72. The standard InChI is InChI=1S/C17H15N5O3.C2H6O/c23-15(11-18-17(24)14-7-4-8-25-14)21-19-9-13-10-20-22-16(13)12-5-2-1-3-6-12;1-2-3/h1-10H,11H2,(H,18,24)(H,20,22)(H,21,23);3H,2H2,1H3/b19-9+;. The lowest BCUT2D eigenvalue weighted by molar-refractivity contribution is -0.120. The lowest BCUT2D eigenvalue weighted by Gasteiger charge is -2.02. The van der Waals surface area contributed by atoms with Gasteiger partial charge in [-0.25, -0.2) is 5.43 Å². The highest BCUT2D eigenvalue weighted by molar-refractivity contribution is 5.94. The van der Waals surface area contributed by atoms with Gasteiger partial charge in [0.05, 0.1) is 30.9 Å². The number of hydrogen-bond donors (Lipinski definition) is 4. The number of amides is 2. The van der Waals surface area contributed by atoms with Crippen molar-refractivity contribution in [3.05, 3.63) is 66.2 Å². The van der Waals surface area contributed by atoms with Gasteiger partial charge in [-0.3, -0.25) is 14.7 Å². The summed E-state index contributed by atoms with van der Waals surface area (Å²) >= 11 is 0. The highest BCUT2D eigenvalue weighted by atomic mass is 16.3. The topological polar surface area (TPSA) is 133 Å². The highest BCUT2D eigenvalue weighted by Gasteiger charge is 2.10. The molecule has 0 aliphatic carbocycles. The first-order valence-corrected chi connectivity index (χ1v) is 8.49. The Hall–Kier alpha value is -3.72. The van der Waals surface area contributed by atoms with Gasteiger partial charge in [-0.15, -0.1) is 0 Å². The molecule has 0 radical (unpaired) electrons. The van der Waals surface area contributed by atoms with E-state index in [1.54, 1.807) is 19.2 Å². The van der Waals surface area contributed by atoms with E-state index in [1.807, 2.05) is 30.3 Å². The molecule has 2 aromatic heterocycles. The third-order valence-electron chi connectivity index (χ3n) is 3.28. The predicted octanol–water partition coefficient (Wildman–Crippen LogP) is 1.55. The summed E-state index contributed by atoms with van der Waals surface area (Å²) in [5.41, 5.74) is 4.82. The fourth-order valence-electron chi connectivity index (χ4n) is 2.10. The average Bonchev–Trinajstić information content (AvgIpc) is 3.39. The molecule has 0 spiro atoms. The number of hydrogen-bond acceptors (Lipinski definition) is 6. The molecule has 1 aromatic carbocycles. The lowest BCUT2D eigenvalue weighted by Crippen LogP contribution is -2.34. The maximum Gasteiger partial charge on any atom is 0.287 e. The highest BCUT2D eigenvalue weighted by Crippen LogP contribution is 2.18. The minimum Gasteiger partial charge on any atom is -0.459 e. The van der Waals surface area contributed by atoms with Crippen LogP contribution in [0.1, 0.15) is 23.0 Å². The maximum atomic E-state index is 11.7. The number of nitrogens with zero attached hydrogens (tertiary/aromatic N) is 2. The number of hydrazone groups is 1. The third kappa shape index (κ3) is 6.22. The Kier molecular flexibility index (Phi) is 8.16. The van der Waals surface area contributed by atoms with Gasteiger partial charge in [0.2, 0.25) is 0 Å². The molecule has 9 nitrogen and oxygen atoms in total. The molecule has 146 valence electrons. The number of aliphatic hydroxyl groups is 1. The fraction of sp³-hybridized carbons (Fsp3) is 0.158. The smallest absolute Gasteiger partial charge is 0.287 e. The van der Waals surface area contributed by atoms with Crippen LogP contribution in [-0.2, 0) is 4.79 Å². The van der Waals surface area contributed by atoms with Crippen molar-refractivity contribution in [1.82, 2.24) is 20.9 Å². The Bertz CT molecular complexity index is 888. The number of H-pyrrole nitrogens is 1. The van der Waals surface area contributed by atoms with Gasteiger partial charge in [0.1, 0.15) is 0 Å². The van der Waals surface area contributed by atoms with E-state index in [0.717, 1.165) is 16.8 Å². The quantitative estimate of drug-likeness (QED) is 0.379. The van der Waals surface area contributed by atoms with Gasteiger partial charge < -0.3 is 14.8 Å². The van der Waals surface area contributed by atoms with E-state index < -0.39 is 11.8 Å². The second-order valence-electron chi connectivity index (χ2n) is 5.34. The minimum atomic E-state index is -0.467. The molecule has 0 unspecified atom stereocenters. The van der Waals surface area contributed by atoms with Crippen LogP contribution in [0, 0.1) is 0 Å². The van der Waals surface area contributed by atoms with Crippen LogP contribution >= 0.6 is 0 Å². The summed E-state index contributed by atoms with van der Waals surface area (Å²) in [6, 6.07) is 12.7. The van der Waals surface area contributed by atoms with Gasteiger partial charge in [0.15, 0.2) is 5.76 Å². The Balaban J connectivity index is 0.000000878. The largest absolute Gasteiger partial charge is 0.459 e. The molecule has 0 atom stereocenters. The summed E-state index contributed by atoms with van der Waals surface area (Å²) in [7, 11) is 0. The number of aromatic nitrogens is 2. The van der Waals surface area contributed by atoms with Crippen LogP contribution in [0.15, 0.2) is 64.4 Å². The van der Waals surface area contributed by atoms with Crippen molar-refractivity contribution in [1.29, 1.82) is 0 Å². The first-order valence-electron chi connectivity index (χ1n) is 8.49. The van der Waals surface area contributed by atoms with Crippen molar-refractivity contribution >= 4 is 18.0 Å². The van der Waals surface area contributed by atoms with Crippen molar-refractivity contribution in [2.24, 2.45) is 5.10 Å². The zero-order valence-electron chi connectivity index (χ0n) is 15.3. The summed E-state index contributed by atoms with van der Waals surface area (Å²) in [5.74, 6) is -0.784. The van der Waals surface area contributed by atoms with Gasteiger partial charge in [-0.05, 0) is 19.1 Å². The van der Waals surface area contributed by atoms with E-state index >= 15 is 0 Å². The first kappa shape index (κ1) is 20.6. The number of carbonyl (C=O) groups is 2. The summed E-state index contributed by atoms with van der Waals surface area (Å²) in [6.07, 6.45) is 4.48. The third-order valence-corrected chi connectivity index (χ3v) is 3.28. The normalized spacial score (nSPS) is 10.2. The van der Waals surface area contributed by atoms with Crippen LogP contribution in [0.4, 0.5) is 0 Å². The minimum absolute atomic E-state index is 0.141. The molecule has 3 rings (SSSR count). The summed E-state index contributed by atoms with van der Waals surface area (Å²) < 4.78 is 4.93.